The number of piperazine rings is 1. The largest absolute Gasteiger partial charge is 0.444 e. The van der Waals surface area contributed by atoms with Crippen LogP contribution in [0.5, 0.6) is 0 Å². The average Bonchev–Trinajstić information content (AvgIpc) is 2.85. The molecule has 1 aliphatic heterocycles. The number of thiol groups is 1. The van der Waals surface area contributed by atoms with Gasteiger partial charge in [-0.05, 0) is 38.0 Å². The van der Waals surface area contributed by atoms with Crippen LogP contribution in [0, 0.1) is 10.1 Å². The monoisotopic (exact) mass is 526 g/mol. The number of rotatable bonds is 6. The molecule has 1 fully saturated rings. The maximum absolute atomic E-state index is 13.3. The third-order valence-corrected chi connectivity index (χ3v) is 6.06. The van der Waals surface area contributed by atoms with Crippen LogP contribution in [0.1, 0.15) is 31.9 Å². The fraction of sp³-hybridized carbons (Fsp3) is 0.346. The maximum Gasteiger partial charge on any atom is 0.411 e. The molecule has 1 aliphatic rings. The third kappa shape index (κ3) is 7.10. The number of nitrogens with zero attached hydrogens (tertiary/aromatic N) is 3. The summed E-state index contributed by atoms with van der Waals surface area (Å²) in [6.45, 7) is 9.38. The summed E-state index contributed by atoms with van der Waals surface area (Å²) >= 11 is 4.08. The van der Waals surface area contributed by atoms with Gasteiger partial charge in [-0.15, -0.1) is 12.6 Å². The molecule has 0 aromatic heterocycles. The van der Waals surface area contributed by atoms with Crippen molar-refractivity contribution in [2.45, 2.75) is 43.9 Å². The maximum atomic E-state index is 13.3. The summed E-state index contributed by atoms with van der Waals surface area (Å²) in [4.78, 5) is 53.0. The molecule has 1 heterocycles. The van der Waals surface area contributed by atoms with E-state index in [1.807, 2.05) is 30.3 Å². The zero-order valence-electron chi connectivity index (χ0n) is 21.0. The number of hydrogen-bond donors (Lipinski definition) is 2. The lowest BCUT2D eigenvalue weighted by Crippen LogP contribution is -2.62. The molecule has 0 saturated carbocycles. The molecule has 0 bridgehead atoms. The molecule has 3 rings (SSSR count). The van der Waals surface area contributed by atoms with Crippen molar-refractivity contribution < 1.29 is 24.0 Å². The Morgan fingerprint density at radius 1 is 1.16 bits per heavy atom. The highest BCUT2D eigenvalue weighted by molar-refractivity contribution is 7.80. The van der Waals surface area contributed by atoms with E-state index in [-0.39, 0.29) is 47.9 Å². The Morgan fingerprint density at radius 2 is 1.84 bits per heavy atom. The van der Waals surface area contributed by atoms with Crippen LogP contribution in [-0.4, -0.2) is 63.9 Å². The number of amides is 3. The standard InChI is InChI=1S/C26H30N4O6S/c1-17(19-10-11-22(37)20(14-19)30(34)35)24(32)28-12-13-29(25(33)36-26(2,3)4)21(16-28)23(31)27-15-18-8-6-5-7-9-18/h5-11,14,21,37H,1,12-13,15-16H2,2-4H3,(H,27,31). The van der Waals surface area contributed by atoms with Gasteiger partial charge in [-0.3, -0.25) is 24.6 Å². The summed E-state index contributed by atoms with van der Waals surface area (Å²) < 4.78 is 5.49. The Morgan fingerprint density at radius 3 is 2.46 bits per heavy atom. The van der Waals surface area contributed by atoms with Gasteiger partial charge in [-0.1, -0.05) is 43.0 Å². The van der Waals surface area contributed by atoms with Crippen molar-refractivity contribution in [2.24, 2.45) is 0 Å². The van der Waals surface area contributed by atoms with E-state index < -0.39 is 34.5 Å². The topological polar surface area (TPSA) is 122 Å². The van der Waals surface area contributed by atoms with Crippen molar-refractivity contribution in [1.29, 1.82) is 0 Å². The molecule has 1 saturated heterocycles. The molecule has 0 spiro atoms. The van der Waals surface area contributed by atoms with Gasteiger partial charge < -0.3 is 15.0 Å². The van der Waals surface area contributed by atoms with Gasteiger partial charge in [0, 0.05) is 31.3 Å². The SMILES string of the molecule is C=C(C(=O)N1CCN(C(=O)OC(C)(C)C)C(C(=O)NCc2ccccc2)C1)c1ccc(S)c([N+](=O)[O-])c1. The van der Waals surface area contributed by atoms with Crippen molar-refractivity contribution in [3.05, 3.63) is 76.4 Å². The first-order chi connectivity index (χ1) is 17.4. The smallest absolute Gasteiger partial charge is 0.411 e. The second-order valence-electron chi connectivity index (χ2n) is 9.58. The van der Waals surface area contributed by atoms with Crippen molar-refractivity contribution in [3.63, 3.8) is 0 Å². The van der Waals surface area contributed by atoms with E-state index in [9.17, 15) is 24.5 Å². The lowest BCUT2D eigenvalue weighted by atomic mass is 10.0. The molecule has 11 heteroatoms. The van der Waals surface area contributed by atoms with Crippen molar-refractivity contribution in [1.82, 2.24) is 15.1 Å². The fourth-order valence-electron chi connectivity index (χ4n) is 3.81. The zero-order valence-corrected chi connectivity index (χ0v) is 21.9. The number of nitro benzene ring substituents is 1. The lowest BCUT2D eigenvalue weighted by molar-refractivity contribution is -0.387. The van der Waals surface area contributed by atoms with Gasteiger partial charge in [0.1, 0.15) is 11.6 Å². The lowest BCUT2D eigenvalue weighted by Gasteiger charge is -2.41. The number of nitrogens with one attached hydrogen (secondary N) is 1. The summed E-state index contributed by atoms with van der Waals surface area (Å²) in [6.07, 6.45) is -0.654. The number of carbonyl (C=O) groups is 3. The second kappa shape index (κ2) is 11.5. The Bertz CT molecular complexity index is 1210. The van der Waals surface area contributed by atoms with Gasteiger partial charge in [0.25, 0.3) is 11.6 Å². The fourth-order valence-corrected chi connectivity index (χ4v) is 4.03. The summed E-state index contributed by atoms with van der Waals surface area (Å²) in [5, 5.41) is 14.1. The molecule has 3 amide bonds. The van der Waals surface area contributed by atoms with Crippen LogP contribution in [0.2, 0.25) is 0 Å². The van der Waals surface area contributed by atoms with E-state index in [0.717, 1.165) is 5.56 Å². The Hall–Kier alpha value is -3.86. The first-order valence-electron chi connectivity index (χ1n) is 11.6. The molecule has 0 radical (unpaired) electrons. The number of ether oxygens (including phenoxy) is 1. The molecular weight excluding hydrogens is 496 g/mol. The van der Waals surface area contributed by atoms with Gasteiger partial charge in [0.15, 0.2) is 0 Å². The van der Waals surface area contributed by atoms with Crippen LogP contribution in [0.15, 0.2) is 60.0 Å². The quantitative estimate of drug-likeness (QED) is 0.256. The van der Waals surface area contributed by atoms with Gasteiger partial charge in [-0.2, -0.15) is 0 Å². The van der Waals surface area contributed by atoms with Crippen LogP contribution >= 0.6 is 12.6 Å². The second-order valence-corrected chi connectivity index (χ2v) is 10.1. The minimum Gasteiger partial charge on any atom is -0.444 e. The van der Waals surface area contributed by atoms with E-state index in [0.29, 0.717) is 0 Å². The predicted octanol–water partition coefficient (Wildman–Crippen LogP) is 3.66. The van der Waals surface area contributed by atoms with E-state index >= 15 is 0 Å². The summed E-state index contributed by atoms with van der Waals surface area (Å²) in [7, 11) is 0. The zero-order chi connectivity index (χ0) is 27.3. The minimum atomic E-state index is -1.00. The summed E-state index contributed by atoms with van der Waals surface area (Å²) in [5.74, 6) is -0.932. The van der Waals surface area contributed by atoms with Crippen LogP contribution in [0.4, 0.5) is 10.5 Å². The molecule has 0 aliphatic carbocycles. The van der Waals surface area contributed by atoms with E-state index in [2.05, 4.69) is 24.5 Å². The molecular formula is C26H30N4O6S. The highest BCUT2D eigenvalue weighted by Gasteiger charge is 2.39. The minimum absolute atomic E-state index is 0.0330. The van der Waals surface area contributed by atoms with Gasteiger partial charge in [0.05, 0.1) is 16.4 Å². The van der Waals surface area contributed by atoms with Crippen LogP contribution in [0.25, 0.3) is 5.57 Å². The molecule has 1 unspecified atom stereocenters. The third-order valence-electron chi connectivity index (χ3n) is 5.69. The van der Waals surface area contributed by atoms with E-state index in [1.54, 1.807) is 20.8 Å². The summed E-state index contributed by atoms with van der Waals surface area (Å²) in [5.41, 5.74) is 0.172. The number of carbonyl (C=O) groups excluding carboxylic acids is 3. The Balaban J connectivity index is 1.80. The number of benzene rings is 2. The van der Waals surface area contributed by atoms with Crippen molar-refractivity contribution in [2.75, 3.05) is 19.6 Å². The predicted molar refractivity (Wildman–Crippen MR) is 141 cm³/mol. The Labute approximate surface area is 220 Å². The highest BCUT2D eigenvalue weighted by Crippen LogP contribution is 2.28. The molecule has 1 N–H and O–H groups in total. The first kappa shape index (κ1) is 27.7. The highest BCUT2D eigenvalue weighted by atomic mass is 32.1. The number of nitro groups is 1. The van der Waals surface area contributed by atoms with Crippen LogP contribution in [0.3, 0.4) is 0 Å². The molecule has 10 nitrogen and oxygen atoms in total. The van der Waals surface area contributed by atoms with E-state index in [4.69, 9.17) is 4.74 Å². The van der Waals surface area contributed by atoms with Crippen LogP contribution in [-0.2, 0) is 20.9 Å². The normalized spacial score (nSPS) is 15.6. The summed E-state index contributed by atoms with van der Waals surface area (Å²) in [6, 6.07) is 12.5. The van der Waals surface area contributed by atoms with Crippen molar-refractivity contribution in [3.8, 4) is 0 Å². The molecule has 196 valence electrons. The van der Waals surface area contributed by atoms with Gasteiger partial charge in [0.2, 0.25) is 5.91 Å². The molecule has 2 aromatic carbocycles. The average molecular weight is 527 g/mol. The number of hydrogen-bond acceptors (Lipinski definition) is 7. The molecule has 1 atom stereocenters. The van der Waals surface area contributed by atoms with Gasteiger partial charge >= 0.3 is 6.09 Å². The van der Waals surface area contributed by atoms with Crippen molar-refractivity contribution >= 4 is 41.8 Å². The molecule has 37 heavy (non-hydrogen) atoms. The van der Waals surface area contributed by atoms with E-state index in [1.165, 1.54) is 28.0 Å². The van der Waals surface area contributed by atoms with Gasteiger partial charge in [-0.25, -0.2) is 4.79 Å². The molecule has 2 aromatic rings. The Kier molecular flexibility index (Phi) is 8.59. The first-order valence-corrected chi connectivity index (χ1v) is 12.1. The van der Waals surface area contributed by atoms with Crippen LogP contribution < -0.4 is 5.32 Å².